The van der Waals surface area contributed by atoms with Gasteiger partial charge in [-0.2, -0.15) is 19.6 Å². The molecule has 0 aromatic heterocycles. The van der Waals surface area contributed by atoms with Crippen molar-refractivity contribution >= 4 is 0 Å². The van der Waals surface area contributed by atoms with Gasteiger partial charge in [-0.25, -0.2) is 0 Å². The van der Waals surface area contributed by atoms with E-state index in [1.54, 1.807) is 0 Å². The second-order valence-corrected chi connectivity index (χ2v) is 6.05. The lowest BCUT2D eigenvalue weighted by atomic mass is 9.73. The van der Waals surface area contributed by atoms with Crippen molar-refractivity contribution in [2.24, 2.45) is 11.8 Å². The van der Waals surface area contributed by atoms with E-state index >= 15 is 0 Å². The molecule has 0 bridgehead atoms. The van der Waals surface area contributed by atoms with Crippen molar-refractivity contribution in [1.82, 2.24) is 0 Å². The van der Waals surface area contributed by atoms with E-state index in [-0.39, 0.29) is 18.6 Å². The van der Waals surface area contributed by atoms with E-state index in [0.717, 1.165) is 25.7 Å². The highest BCUT2D eigenvalue weighted by Gasteiger charge is 2.52. The van der Waals surface area contributed by atoms with E-state index in [1.807, 2.05) is 0 Å². The summed E-state index contributed by atoms with van der Waals surface area (Å²) in [7, 11) is 0. The van der Waals surface area contributed by atoms with E-state index < -0.39 is 5.79 Å². The Hall–Kier alpha value is -0.240. The topological polar surface area (TPSA) is 55.4 Å². The first kappa shape index (κ1) is 14.7. The highest BCUT2D eigenvalue weighted by molar-refractivity contribution is 4.88. The SMILES string of the molecule is C1CCC(C2(C3CCCCC3)OOOCOOO2)CC1. The first-order chi connectivity index (χ1) is 9.92. The molecule has 0 aromatic rings. The van der Waals surface area contributed by atoms with E-state index in [2.05, 4.69) is 0 Å². The first-order valence-corrected chi connectivity index (χ1v) is 7.86. The molecular formula is C14H24O6. The van der Waals surface area contributed by atoms with Gasteiger partial charge in [0.25, 0.3) is 0 Å². The second kappa shape index (κ2) is 7.15. The van der Waals surface area contributed by atoms with Crippen molar-refractivity contribution in [1.29, 1.82) is 0 Å². The lowest BCUT2D eigenvalue weighted by Crippen LogP contribution is -2.52. The molecule has 3 fully saturated rings. The van der Waals surface area contributed by atoms with Gasteiger partial charge in [-0.1, -0.05) is 48.6 Å². The zero-order valence-corrected chi connectivity index (χ0v) is 11.9. The number of hydrogen-bond donors (Lipinski definition) is 0. The molecule has 0 unspecified atom stereocenters. The Bertz CT molecular complexity index is 257. The first-order valence-electron chi connectivity index (χ1n) is 7.86. The summed E-state index contributed by atoms with van der Waals surface area (Å²) in [6.45, 7) is -0.175. The Morgan fingerprint density at radius 1 is 0.600 bits per heavy atom. The molecule has 6 nitrogen and oxygen atoms in total. The molecule has 1 saturated heterocycles. The molecule has 20 heavy (non-hydrogen) atoms. The van der Waals surface area contributed by atoms with Gasteiger partial charge in [-0.05, 0) is 25.7 Å². The van der Waals surface area contributed by atoms with E-state index in [4.69, 9.17) is 29.6 Å². The summed E-state index contributed by atoms with van der Waals surface area (Å²) in [5, 5.41) is 9.73. The van der Waals surface area contributed by atoms with Crippen LogP contribution in [0.15, 0.2) is 0 Å². The van der Waals surface area contributed by atoms with Crippen molar-refractivity contribution in [3.8, 4) is 0 Å². The fourth-order valence-corrected chi connectivity index (χ4v) is 3.84. The van der Waals surface area contributed by atoms with Crippen LogP contribution in [0.2, 0.25) is 0 Å². The summed E-state index contributed by atoms with van der Waals surface area (Å²) in [5.41, 5.74) is 0. The van der Waals surface area contributed by atoms with Gasteiger partial charge in [0, 0.05) is 11.8 Å². The lowest BCUT2D eigenvalue weighted by Gasteiger charge is -2.44. The quantitative estimate of drug-likeness (QED) is 0.724. The largest absolute Gasteiger partial charge is 0.245 e. The number of rotatable bonds is 2. The molecule has 2 saturated carbocycles. The fourth-order valence-electron chi connectivity index (χ4n) is 3.84. The smallest absolute Gasteiger partial charge is 0.174 e. The van der Waals surface area contributed by atoms with Crippen LogP contribution >= 0.6 is 0 Å². The average Bonchev–Trinajstić information content (AvgIpc) is 2.49. The maximum Gasteiger partial charge on any atom is 0.245 e. The molecule has 2 aliphatic carbocycles. The van der Waals surface area contributed by atoms with Gasteiger partial charge in [-0.3, -0.25) is 0 Å². The van der Waals surface area contributed by atoms with E-state index in [0.29, 0.717) is 0 Å². The van der Waals surface area contributed by atoms with Crippen LogP contribution in [0, 0.1) is 11.8 Å². The fraction of sp³-hybridized carbons (Fsp3) is 1.00. The Labute approximate surface area is 119 Å². The van der Waals surface area contributed by atoms with Crippen molar-refractivity contribution in [3.05, 3.63) is 0 Å². The van der Waals surface area contributed by atoms with Gasteiger partial charge in [0.05, 0.1) is 0 Å². The molecule has 6 heteroatoms. The Morgan fingerprint density at radius 2 is 1.05 bits per heavy atom. The highest BCUT2D eigenvalue weighted by atomic mass is 17.6. The maximum atomic E-state index is 5.60. The molecule has 1 heterocycles. The second-order valence-electron chi connectivity index (χ2n) is 6.05. The molecule has 0 N–H and O–H groups in total. The monoisotopic (exact) mass is 288 g/mol. The van der Waals surface area contributed by atoms with Crippen molar-refractivity contribution in [2.45, 2.75) is 70.0 Å². The van der Waals surface area contributed by atoms with Crippen LogP contribution in [0.3, 0.4) is 0 Å². The van der Waals surface area contributed by atoms with Crippen LogP contribution < -0.4 is 0 Å². The molecule has 0 atom stereocenters. The van der Waals surface area contributed by atoms with Crippen LogP contribution in [0.4, 0.5) is 0 Å². The van der Waals surface area contributed by atoms with Crippen LogP contribution in [-0.4, -0.2) is 12.6 Å². The minimum absolute atomic E-state index is 0.175. The predicted octanol–water partition coefficient (Wildman–Crippen LogP) is 3.57. The maximum absolute atomic E-state index is 5.60. The van der Waals surface area contributed by atoms with E-state index in [1.165, 1.54) is 38.5 Å². The molecule has 0 amide bonds. The van der Waals surface area contributed by atoms with Crippen LogP contribution in [0.25, 0.3) is 0 Å². The Kier molecular flexibility index (Phi) is 5.25. The van der Waals surface area contributed by atoms with Crippen LogP contribution in [-0.2, 0) is 29.6 Å². The highest BCUT2D eigenvalue weighted by Crippen LogP contribution is 2.46. The summed E-state index contributed by atoms with van der Waals surface area (Å²) in [6.07, 6.45) is 11.5. The Balaban J connectivity index is 1.78. The molecule has 116 valence electrons. The van der Waals surface area contributed by atoms with Gasteiger partial charge in [0.2, 0.25) is 12.6 Å². The zero-order valence-electron chi connectivity index (χ0n) is 11.9. The normalized spacial score (nSPS) is 30.6. The van der Waals surface area contributed by atoms with E-state index in [9.17, 15) is 0 Å². The Morgan fingerprint density at radius 3 is 1.50 bits per heavy atom. The minimum atomic E-state index is -0.902. The summed E-state index contributed by atoms with van der Waals surface area (Å²) in [6, 6.07) is 0. The molecule has 0 aromatic carbocycles. The minimum Gasteiger partial charge on any atom is -0.174 e. The third-order valence-electron chi connectivity index (χ3n) is 4.87. The number of hydrogen-bond acceptors (Lipinski definition) is 6. The van der Waals surface area contributed by atoms with Crippen LogP contribution in [0.1, 0.15) is 64.2 Å². The summed E-state index contributed by atoms with van der Waals surface area (Å²) in [5.74, 6) is -0.393. The van der Waals surface area contributed by atoms with Gasteiger partial charge < -0.3 is 0 Å². The average molecular weight is 288 g/mol. The summed E-state index contributed by atoms with van der Waals surface area (Å²) < 4.78 is 0. The lowest BCUT2D eigenvalue weighted by molar-refractivity contribution is -0.708. The third-order valence-corrected chi connectivity index (χ3v) is 4.87. The molecule has 3 rings (SSSR count). The standard InChI is InChI=1S/C14H24O6/c1-3-7-12(8-4-1)14(13-9-5-2-6-10-13)17-19-15-11-16-20-18-14/h12-13H,1-11H2. The summed E-state index contributed by atoms with van der Waals surface area (Å²) in [4.78, 5) is 20.7. The van der Waals surface area contributed by atoms with Gasteiger partial charge in [0.1, 0.15) is 0 Å². The third kappa shape index (κ3) is 3.16. The van der Waals surface area contributed by atoms with Gasteiger partial charge in [-0.15, -0.1) is 0 Å². The van der Waals surface area contributed by atoms with Crippen molar-refractivity contribution in [2.75, 3.05) is 6.79 Å². The molecular weight excluding hydrogens is 264 g/mol. The molecule has 0 spiro atoms. The van der Waals surface area contributed by atoms with Gasteiger partial charge >= 0.3 is 0 Å². The zero-order chi connectivity index (χ0) is 13.7. The van der Waals surface area contributed by atoms with Gasteiger partial charge in [0.15, 0.2) is 0 Å². The molecule has 1 aliphatic heterocycles. The van der Waals surface area contributed by atoms with Crippen molar-refractivity contribution in [3.63, 3.8) is 0 Å². The predicted molar refractivity (Wildman–Crippen MR) is 67.3 cm³/mol. The van der Waals surface area contributed by atoms with Crippen LogP contribution in [0.5, 0.6) is 0 Å². The molecule has 3 aliphatic rings. The van der Waals surface area contributed by atoms with Crippen molar-refractivity contribution < 1.29 is 29.6 Å². The summed E-state index contributed by atoms with van der Waals surface area (Å²) >= 11 is 0. The molecule has 0 radical (unpaired) electrons.